The van der Waals surface area contributed by atoms with Crippen molar-refractivity contribution in [2.75, 3.05) is 7.11 Å². The number of fused-ring (bicyclic) bond motifs is 3. The first-order valence-electron chi connectivity index (χ1n) is 8.29. The van der Waals surface area contributed by atoms with Crippen LogP contribution in [0.15, 0.2) is 47.6 Å². The summed E-state index contributed by atoms with van der Waals surface area (Å²) in [6.07, 6.45) is 2.78. The zero-order valence-electron chi connectivity index (χ0n) is 15.2. The molecule has 0 aliphatic carbocycles. The second kappa shape index (κ2) is 7.11. The summed E-state index contributed by atoms with van der Waals surface area (Å²) in [7, 11) is -3.02. The molecule has 0 spiro atoms. The number of sulfonamides is 1. The first-order valence-corrected chi connectivity index (χ1v) is 9.84. The molecule has 0 saturated carbocycles. The number of aromatic nitrogens is 2. The van der Waals surface area contributed by atoms with Crippen molar-refractivity contribution < 1.29 is 31.1 Å². The molecular formula is C19H12F3N3O4S. The van der Waals surface area contributed by atoms with Crippen molar-refractivity contribution in [2.45, 2.75) is 4.90 Å². The number of rotatable bonds is 4. The van der Waals surface area contributed by atoms with Crippen molar-refractivity contribution in [3.05, 3.63) is 60.2 Å². The molecule has 30 heavy (non-hydrogen) atoms. The van der Waals surface area contributed by atoms with Crippen LogP contribution in [0, 0.1) is 17.5 Å². The number of ether oxygens (including phenoxy) is 2. The van der Waals surface area contributed by atoms with Gasteiger partial charge in [0.1, 0.15) is 0 Å². The molecule has 2 N–H and O–H groups in total. The molecule has 0 bridgehead atoms. The molecule has 0 aliphatic rings. The number of nitrogens with two attached hydrogens (primary N) is 1. The minimum absolute atomic E-state index is 0.0311. The van der Waals surface area contributed by atoms with Crippen LogP contribution >= 0.6 is 0 Å². The van der Waals surface area contributed by atoms with Gasteiger partial charge < -0.3 is 9.47 Å². The van der Waals surface area contributed by atoms with Gasteiger partial charge in [0.15, 0.2) is 23.2 Å². The van der Waals surface area contributed by atoms with Gasteiger partial charge in [0, 0.05) is 29.2 Å². The second-order valence-electron chi connectivity index (χ2n) is 6.21. The number of methoxy groups -OCH3 is 1. The van der Waals surface area contributed by atoms with Crippen molar-refractivity contribution in [3.8, 4) is 17.4 Å². The van der Waals surface area contributed by atoms with Gasteiger partial charge in [-0.1, -0.05) is 0 Å². The van der Waals surface area contributed by atoms with Crippen LogP contribution in [0.25, 0.3) is 21.7 Å². The summed E-state index contributed by atoms with van der Waals surface area (Å²) >= 11 is 0. The smallest absolute Gasteiger partial charge is 0.238 e. The predicted octanol–water partition coefficient (Wildman–Crippen LogP) is 3.65. The Morgan fingerprint density at radius 1 is 1.00 bits per heavy atom. The van der Waals surface area contributed by atoms with Crippen molar-refractivity contribution in [1.82, 2.24) is 9.97 Å². The number of hydrogen-bond acceptors (Lipinski definition) is 6. The molecule has 2 aromatic carbocycles. The van der Waals surface area contributed by atoms with E-state index in [0.29, 0.717) is 23.0 Å². The van der Waals surface area contributed by atoms with Gasteiger partial charge in [0.2, 0.25) is 21.7 Å². The molecule has 0 fully saturated rings. The van der Waals surface area contributed by atoms with Gasteiger partial charge in [-0.3, -0.25) is 4.98 Å². The third kappa shape index (κ3) is 3.37. The highest BCUT2D eigenvalue weighted by atomic mass is 32.2. The van der Waals surface area contributed by atoms with Gasteiger partial charge in [-0.25, -0.2) is 31.7 Å². The predicted molar refractivity (Wildman–Crippen MR) is 101 cm³/mol. The maximum absolute atomic E-state index is 14.4. The fraction of sp³-hybridized carbons (Fsp3) is 0.0526. The zero-order valence-corrected chi connectivity index (χ0v) is 16.0. The molecule has 154 valence electrons. The molecule has 7 nitrogen and oxygen atoms in total. The lowest BCUT2D eigenvalue weighted by Gasteiger charge is -2.12. The maximum Gasteiger partial charge on any atom is 0.238 e. The number of halogens is 3. The number of benzene rings is 2. The van der Waals surface area contributed by atoms with Crippen molar-refractivity contribution in [2.24, 2.45) is 5.14 Å². The molecular weight excluding hydrogens is 423 g/mol. The number of hydrogen-bond donors (Lipinski definition) is 1. The molecule has 0 unspecified atom stereocenters. The zero-order chi connectivity index (χ0) is 21.6. The van der Waals surface area contributed by atoms with Crippen LogP contribution in [0.1, 0.15) is 0 Å². The van der Waals surface area contributed by atoms with E-state index in [4.69, 9.17) is 14.6 Å². The van der Waals surface area contributed by atoms with Crippen molar-refractivity contribution in [1.29, 1.82) is 0 Å². The molecule has 4 rings (SSSR count). The lowest BCUT2D eigenvalue weighted by atomic mass is 10.1. The Morgan fingerprint density at radius 2 is 1.70 bits per heavy atom. The van der Waals surface area contributed by atoms with Gasteiger partial charge in [0.25, 0.3) is 0 Å². The fourth-order valence-electron chi connectivity index (χ4n) is 2.95. The lowest BCUT2D eigenvalue weighted by Crippen LogP contribution is -2.13. The fourth-order valence-corrected chi connectivity index (χ4v) is 3.49. The van der Waals surface area contributed by atoms with E-state index in [0.717, 1.165) is 6.07 Å². The van der Waals surface area contributed by atoms with E-state index in [9.17, 15) is 21.6 Å². The summed E-state index contributed by atoms with van der Waals surface area (Å²) < 4.78 is 76.1. The lowest BCUT2D eigenvalue weighted by molar-refractivity contribution is 0.387. The summed E-state index contributed by atoms with van der Waals surface area (Å²) in [6.45, 7) is 0. The summed E-state index contributed by atoms with van der Waals surface area (Å²) in [5.74, 6) is -4.43. The molecule has 4 aromatic rings. The molecule has 0 amide bonds. The van der Waals surface area contributed by atoms with Crippen LogP contribution in [0.2, 0.25) is 0 Å². The average Bonchev–Trinajstić information content (AvgIpc) is 2.69. The normalized spacial score (nSPS) is 11.8. The Hall–Kier alpha value is -3.44. The molecule has 0 radical (unpaired) electrons. The molecule has 2 aromatic heterocycles. The maximum atomic E-state index is 14.4. The van der Waals surface area contributed by atoms with E-state index in [2.05, 4.69) is 9.97 Å². The quantitative estimate of drug-likeness (QED) is 0.491. The van der Waals surface area contributed by atoms with Crippen LogP contribution in [-0.4, -0.2) is 25.5 Å². The van der Waals surface area contributed by atoms with E-state index in [1.54, 1.807) is 6.07 Å². The number of nitrogens with zero attached hydrogens (tertiary/aromatic N) is 2. The highest BCUT2D eigenvalue weighted by Gasteiger charge is 2.21. The Labute approximate surface area is 167 Å². The minimum Gasteiger partial charge on any atom is -0.494 e. The number of pyridine rings is 2. The summed E-state index contributed by atoms with van der Waals surface area (Å²) in [5, 5.41) is 5.90. The van der Waals surface area contributed by atoms with Gasteiger partial charge in [-0.05, 0) is 24.3 Å². The molecule has 0 saturated heterocycles. The van der Waals surface area contributed by atoms with E-state index < -0.39 is 38.1 Å². The van der Waals surface area contributed by atoms with Crippen molar-refractivity contribution >= 4 is 31.7 Å². The van der Waals surface area contributed by atoms with E-state index in [-0.39, 0.29) is 22.4 Å². The average molecular weight is 435 g/mol. The molecule has 0 atom stereocenters. The molecule has 11 heteroatoms. The van der Waals surface area contributed by atoms with Gasteiger partial charge >= 0.3 is 0 Å². The Kier molecular flexibility index (Phi) is 4.71. The SMILES string of the molecule is COc1cc2ncc3ccnc(Oc4c(F)cc(S(N)(=O)=O)cc4F)c3c2cc1F. The first kappa shape index (κ1) is 19.9. The summed E-state index contributed by atoms with van der Waals surface area (Å²) in [5.41, 5.74) is 0.337. The van der Waals surface area contributed by atoms with Crippen LogP contribution in [0.4, 0.5) is 13.2 Å². The van der Waals surface area contributed by atoms with Crippen LogP contribution < -0.4 is 14.6 Å². The third-order valence-electron chi connectivity index (χ3n) is 4.33. The molecule has 0 aliphatic heterocycles. The van der Waals surface area contributed by atoms with Gasteiger partial charge in [0.05, 0.1) is 22.9 Å². The van der Waals surface area contributed by atoms with Gasteiger partial charge in [-0.2, -0.15) is 0 Å². The molecule has 2 heterocycles. The largest absolute Gasteiger partial charge is 0.494 e. The first-order chi connectivity index (χ1) is 14.2. The van der Waals surface area contributed by atoms with E-state index >= 15 is 0 Å². The topological polar surface area (TPSA) is 104 Å². The Morgan fingerprint density at radius 3 is 2.33 bits per heavy atom. The van der Waals surface area contributed by atoms with Crippen molar-refractivity contribution in [3.63, 3.8) is 0 Å². The summed E-state index contributed by atoms with van der Waals surface area (Å²) in [4.78, 5) is 7.47. The van der Waals surface area contributed by atoms with Crippen LogP contribution in [0.5, 0.6) is 17.4 Å². The van der Waals surface area contributed by atoms with E-state index in [1.807, 2.05) is 0 Å². The Balaban J connectivity index is 1.93. The highest BCUT2D eigenvalue weighted by Crippen LogP contribution is 2.37. The number of primary sulfonamides is 1. The standard InChI is InChI=1S/C19H12F3N3O4S/c1-28-16-7-15-11(6-12(16)20)17-9(8-25-15)2-3-24-19(17)29-18-13(21)4-10(5-14(18)22)30(23,26)27/h2-8H,1H3,(H2,23,26,27). The Bertz CT molecular complexity index is 1400. The van der Waals surface area contributed by atoms with Crippen LogP contribution in [0.3, 0.4) is 0 Å². The third-order valence-corrected chi connectivity index (χ3v) is 5.22. The van der Waals surface area contributed by atoms with E-state index in [1.165, 1.54) is 25.6 Å². The van der Waals surface area contributed by atoms with Gasteiger partial charge in [-0.15, -0.1) is 0 Å². The summed E-state index contributed by atoms with van der Waals surface area (Å²) in [6, 6.07) is 5.14. The monoisotopic (exact) mass is 435 g/mol. The minimum atomic E-state index is -4.33. The van der Waals surface area contributed by atoms with Crippen LogP contribution in [-0.2, 0) is 10.0 Å². The second-order valence-corrected chi connectivity index (χ2v) is 7.77. The highest BCUT2D eigenvalue weighted by molar-refractivity contribution is 7.89.